The summed E-state index contributed by atoms with van der Waals surface area (Å²) in [4.78, 5) is 0. The normalized spacial score (nSPS) is 20.5. The zero-order valence-corrected chi connectivity index (χ0v) is 9.00. The van der Waals surface area contributed by atoms with E-state index in [9.17, 15) is 5.11 Å². The van der Waals surface area contributed by atoms with Crippen molar-refractivity contribution in [2.45, 2.75) is 18.6 Å². The van der Waals surface area contributed by atoms with Gasteiger partial charge in [0.15, 0.2) is 0 Å². The standard InChI is InChI=1S/C12H16O4/c13-6-10(14)5-9-3-1-2-4-12(9)16-8-11-7-15-11/h1-4,10-11,13-14H,5-8H2. The zero-order chi connectivity index (χ0) is 11.4. The third-order valence-electron chi connectivity index (χ3n) is 2.47. The second-order valence-corrected chi connectivity index (χ2v) is 3.91. The quantitative estimate of drug-likeness (QED) is 0.685. The van der Waals surface area contributed by atoms with E-state index in [-0.39, 0.29) is 12.7 Å². The molecule has 88 valence electrons. The van der Waals surface area contributed by atoms with Gasteiger partial charge in [0.05, 0.1) is 19.3 Å². The summed E-state index contributed by atoms with van der Waals surface area (Å²) >= 11 is 0. The van der Waals surface area contributed by atoms with E-state index in [0.29, 0.717) is 13.0 Å². The fourth-order valence-corrected chi connectivity index (χ4v) is 1.48. The highest BCUT2D eigenvalue weighted by molar-refractivity contribution is 5.33. The summed E-state index contributed by atoms with van der Waals surface area (Å²) in [6.45, 7) is 1.08. The molecule has 0 bridgehead atoms. The Bertz CT molecular complexity index is 336. The van der Waals surface area contributed by atoms with E-state index >= 15 is 0 Å². The minimum absolute atomic E-state index is 0.218. The molecule has 1 fully saturated rings. The molecule has 0 aromatic heterocycles. The fourth-order valence-electron chi connectivity index (χ4n) is 1.48. The first-order valence-electron chi connectivity index (χ1n) is 5.41. The van der Waals surface area contributed by atoms with Crippen LogP contribution in [-0.2, 0) is 11.2 Å². The monoisotopic (exact) mass is 224 g/mol. The molecule has 4 heteroatoms. The highest BCUT2D eigenvalue weighted by Crippen LogP contribution is 2.21. The van der Waals surface area contributed by atoms with Crippen LogP contribution < -0.4 is 4.74 Å². The number of benzene rings is 1. The van der Waals surface area contributed by atoms with Gasteiger partial charge < -0.3 is 19.7 Å². The second-order valence-electron chi connectivity index (χ2n) is 3.91. The summed E-state index contributed by atoms with van der Waals surface area (Å²) in [7, 11) is 0. The van der Waals surface area contributed by atoms with Crippen molar-refractivity contribution in [1.82, 2.24) is 0 Å². The van der Waals surface area contributed by atoms with E-state index in [1.165, 1.54) is 0 Å². The third-order valence-corrected chi connectivity index (χ3v) is 2.47. The minimum Gasteiger partial charge on any atom is -0.491 e. The van der Waals surface area contributed by atoms with E-state index < -0.39 is 6.10 Å². The molecule has 16 heavy (non-hydrogen) atoms. The molecule has 0 spiro atoms. The maximum absolute atomic E-state index is 9.40. The Balaban J connectivity index is 1.97. The third kappa shape index (κ3) is 3.20. The summed E-state index contributed by atoms with van der Waals surface area (Å²) in [5, 5.41) is 18.2. The van der Waals surface area contributed by atoms with Gasteiger partial charge in [0.25, 0.3) is 0 Å². The number of ether oxygens (including phenoxy) is 2. The number of hydrogen-bond acceptors (Lipinski definition) is 4. The van der Waals surface area contributed by atoms with Crippen molar-refractivity contribution in [1.29, 1.82) is 0 Å². The van der Waals surface area contributed by atoms with Gasteiger partial charge in [-0.25, -0.2) is 0 Å². The van der Waals surface area contributed by atoms with Crippen LogP contribution >= 0.6 is 0 Å². The highest BCUT2D eigenvalue weighted by Gasteiger charge is 2.23. The van der Waals surface area contributed by atoms with Crippen molar-refractivity contribution in [2.24, 2.45) is 0 Å². The Hall–Kier alpha value is -1.10. The summed E-state index contributed by atoms with van der Waals surface area (Å²) < 4.78 is 10.6. The first kappa shape index (κ1) is 11.4. The van der Waals surface area contributed by atoms with Crippen molar-refractivity contribution in [3.8, 4) is 5.75 Å². The molecule has 0 radical (unpaired) electrons. The molecule has 0 saturated carbocycles. The average Bonchev–Trinajstić information content (AvgIpc) is 3.11. The average molecular weight is 224 g/mol. The van der Waals surface area contributed by atoms with Gasteiger partial charge in [-0.1, -0.05) is 18.2 Å². The van der Waals surface area contributed by atoms with Crippen molar-refractivity contribution in [3.63, 3.8) is 0 Å². The Morgan fingerprint density at radius 2 is 2.19 bits per heavy atom. The predicted octanol–water partition coefficient (Wildman–Crippen LogP) is 0.360. The van der Waals surface area contributed by atoms with Crippen LogP contribution in [0.5, 0.6) is 5.75 Å². The van der Waals surface area contributed by atoms with Gasteiger partial charge in [-0.15, -0.1) is 0 Å². The second kappa shape index (κ2) is 5.30. The van der Waals surface area contributed by atoms with E-state index in [4.69, 9.17) is 14.6 Å². The number of rotatable bonds is 6. The van der Waals surface area contributed by atoms with Crippen LogP contribution in [0.4, 0.5) is 0 Å². The Kier molecular flexibility index (Phi) is 3.77. The lowest BCUT2D eigenvalue weighted by molar-refractivity contribution is 0.0947. The molecule has 2 unspecified atom stereocenters. The van der Waals surface area contributed by atoms with E-state index in [1.807, 2.05) is 24.3 Å². The molecule has 1 heterocycles. The van der Waals surface area contributed by atoms with Crippen molar-refractivity contribution in [2.75, 3.05) is 19.8 Å². The summed E-state index contributed by atoms with van der Waals surface area (Å²) in [6.07, 6.45) is -0.115. The topological polar surface area (TPSA) is 62.2 Å². The van der Waals surface area contributed by atoms with Gasteiger partial charge in [-0.2, -0.15) is 0 Å². The van der Waals surface area contributed by atoms with Gasteiger partial charge in [0.2, 0.25) is 0 Å². The number of aliphatic hydroxyl groups excluding tert-OH is 2. The fraction of sp³-hybridized carbons (Fsp3) is 0.500. The molecule has 0 amide bonds. The molecule has 2 atom stereocenters. The number of hydrogen-bond donors (Lipinski definition) is 2. The lowest BCUT2D eigenvalue weighted by Gasteiger charge is -2.12. The first-order chi connectivity index (χ1) is 7.79. The van der Waals surface area contributed by atoms with Crippen LogP contribution in [0, 0.1) is 0 Å². The van der Waals surface area contributed by atoms with Gasteiger partial charge in [-0.3, -0.25) is 0 Å². The maximum Gasteiger partial charge on any atom is 0.122 e. The summed E-state index contributed by atoms with van der Waals surface area (Å²) in [5.74, 6) is 0.755. The summed E-state index contributed by atoms with van der Waals surface area (Å²) in [6, 6.07) is 7.53. The zero-order valence-electron chi connectivity index (χ0n) is 9.00. The smallest absolute Gasteiger partial charge is 0.122 e. The lowest BCUT2D eigenvalue weighted by atomic mass is 10.1. The maximum atomic E-state index is 9.40. The molecule has 1 saturated heterocycles. The van der Waals surface area contributed by atoms with Crippen LogP contribution in [0.2, 0.25) is 0 Å². The van der Waals surface area contributed by atoms with Gasteiger partial charge in [0, 0.05) is 6.42 Å². The Labute approximate surface area is 94.4 Å². The van der Waals surface area contributed by atoms with Crippen LogP contribution in [0.25, 0.3) is 0 Å². The predicted molar refractivity (Wildman–Crippen MR) is 58.5 cm³/mol. The lowest BCUT2D eigenvalue weighted by Crippen LogP contribution is -2.16. The summed E-state index contributed by atoms with van der Waals surface area (Å²) in [5.41, 5.74) is 0.907. The molecule has 1 aromatic rings. The van der Waals surface area contributed by atoms with Crippen LogP contribution in [0.1, 0.15) is 5.56 Å². The van der Waals surface area contributed by atoms with Gasteiger partial charge >= 0.3 is 0 Å². The van der Waals surface area contributed by atoms with E-state index in [2.05, 4.69) is 0 Å². The van der Waals surface area contributed by atoms with Crippen molar-refractivity contribution in [3.05, 3.63) is 29.8 Å². The van der Waals surface area contributed by atoms with Crippen LogP contribution in [0.3, 0.4) is 0 Å². The molecule has 4 nitrogen and oxygen atoms in total. The molecule has 1 aromatic carbocycles. The number of para-hydroxylation sites is 1. The van der Waals surface area contributed by atoms with Gasteiger partial charge in [0.1, 0.15) is 18.5 Å². The van der Waals surface area contributed by atoms with Crippen molar-refractivity contribution < 1.29 is 19.7 Å². The van der Waals surface area contributed by atoms with E-state index in [0.717, 1.165) is 17.9 Å². The molecule has 1 aliphatic rings. The Morgan fingerprint density at radius 1 is 1.44 bits per heavy atom. The SMILES string of the molecule is OCC(O)Cc1ccccc1OCC1CO1. The van der Waals surface area contributed by atoms with Crippen molar-refractivity contribution >= 4 is 0 Å². The molecule has 2 rings (SSSR count). The molecule has 0 aliphatic carbocycles. The van der Waals surface area contributed by atoms with Gasteiger partial charge in [-0.05, 0) is 11.6 Å². The van der Waals surface area contributed by atoms with E-state index in [1.54, 1.807) is 0 Å². The number of aliphatic hydroxyl groups is 2. The first-order valence-corrected chi connectivity index (χ1v) is 5.41. The highest BCUT2D eigenvalue weighted by atomic mass is 16.6. The minimum atomic E-state index is -0.734. The Morgan fingerprint density at radius 3 is 2.88 bits per heavy atom. The molecular formula is C12H16O4. The van der Waals surface area contributed by atoms with Crippen LogP contribution in [0.15, 0.2) is 24.3 Å². The molecule has 1 aliphatic heterocycles. The largest absolute Gasteiger partial charge is 0.491 e. The molecule has 2 N–H and O–H groups in total. The van der Waals surface area contributed by atoms with Crippen LogP contribution in [-0.4, -0.2) is 42.2 Å². The number of epoxide rings is 1. The molecular weight excluding hydrogens is 208 g/mol.